The Morgan fingerprint density at radius 1 is 1.19 bits per heavy atom. The van der Waals surface area contributed by atoms with Crippen LogP contribution in [0.15, 0.2) is 24.3 Å². The van der Waals surface area contributed by atoms with Crippen molar-refractivity contribution in [2.45, 2.75) is 26.9 Å². The average Bonchev–Trinajstić information content (AvgIpc) is 2.59. The zero-order valence-electron chi connectivity index (χ0n) is 10.4. The first-order valence-electron chi connectivity index (χ1n) is 6.11. The molecule has 0 saturated carbocycles. The summed E-state index contributed by atoms with van der Waals surface area (Å²) in [5.74, 6) is 1.48. The van der Waals surface area contributed by atoms with Crippen molar-refractivity contribution in [2.24, 2.45) is 11.8 Å². The minimum atomic E-state index is -0.387. The molecule has 0 bridgehead atoms. The summed E-state index contributed by atoms with van der Waals surface area (Å²) in [7, 11) is 0. The molecule has 16 heavy (non-hydrogen) atoms. The smallest absolute Gasteiger partial charge is 0.0781 e. The summed E-state index contributed by atoms with van der Waals surface area (Å²) in [5.41, 5.74) is 2.25. The van der Waals surface area contributed by atoms with E-state index in [4.69, 9.17) is 0 Å². The Morgan fingerprint density at radius 3 is 2.31 bits per heavy atom. The van der Waals surface area contributed by atoms with Gasteiger partial charge in [-0.25, -0.2) is 0 Å². The lowest BCUT2D eigenvalue weighted by Gasteiger charge is -2.23. The van der Waals surface area contributed by atoms with Gasteiger partial charge in [0.2, 0.25) is 0 Å². The number of benzene rings is 1. The molecule has 0 aliphatic carbocycles. The van der Waals surface area contributed by atoms with E-state index < -0.39 is 0 Å². The standard InChI is InChI=1S/C14H21NO/c1-10-8-15(9-11(10)2)14-7-5-4-6-13(14)12(3)16/h4-7,10-12,16H,8-9H2,1-3H3/t10?,11?,12-/m1/s1. The third-order valence-electron chi connectivity index (χ3n) is 3.72. The van der Waals surface area contributed by atoms with Crippen LogP contribution in [-0.2, 0) is 0 Å². The molecule has 0 amide bonds. The van der Waals surface area contributed by atoms with E-state index >= 15 is 0 Å². The predicted molar refractivity (Wildman–Crippen MR) is 67.6 cm³/mol. The summed E-state index contributed by atoms with van der Waals surface area (Å²) in [4.78, 5) is 2.40. The molecular formula is C14H21NO. The van der Waals surface area contributed by atoms with Crippen LogP contribution in [0.25, 0.3) is 0 Å². The van der Waals surface area contributed by atoms with E-state index in [-0.39, 0.29) is 6.10 Å². The van der Waals surface area contributed by atoms with Gasteiger partial charge >= 0.3 is 0 Å². The maximum absolute atomic E-state index is 9.77. The summed E-state index contributed by atoms with van der Waals surface area (Å²) < 4.78 is 0. The second kappa shape index (κ2) is 4.46. The molecule has 1 N–H and O–H groups in total. The molecule has 1 aliphatic rings. The highest BCUT2D eigenvalue weighted by molar-refractivity contribution is 5.55. The number of aliphatic hydroxyl groups is 1. The number of para-hydroxylation sites is 1. The maximum Gasteiger partial charge on any atom is 0.0781 e. The Bertz CT molecular complexity index is 352. The molecule has 0 aromatic heterocycles. The van der Waals surface area contributed by atoms with Crippen molar-refractivity contribution in [3.8, 4) is 0 Å². The minimum absolute atomic E-state index is 0.387. The molecule has 88 valence electrons. The third kappa shape index (κ3) is 2.07. The number of anilines is 1. The topological polar surface area (TPSA) is 23.5 Å². The number of hydrogen-bond acceptors (Lipinski definition) is 2. The Balaban J connectivity index is 2.27. The fourth-order valence-corrected chi connectivity index (χ4v) is 2.46. The molecule has 0 radical (unpaired) electrons. The average molecular weight is 219 g/mol. The molecule has 2 heteroatoms. The largest absolute Gasteiger partial charge is 0.389 e. The van der Waals surface area contributed by atoms with Gasteiger partial charge in [0, 0.05) is 24.3 Å². The van der Waals surface area contributed by atoms with Gasteiger partial charge in [-0.05, 0) is 24.8 Å². The molecular weight excluding hydrogens is 198 g/mol. The van der Waals surface area contributed by atoms with Crippen LogP contribution >= 0.6 is 0 Å². The van der Waals surface area contributed by atoms with Crippen LogP contribution in [0.3, 0.4) is 0 Å². The van der Waals surface area contributed by atoms with E-state index in [2.05, 4.69) is 30.9 Å². The van der Waals surface area contributed by atoms with Gasteiger partial charge in [-0.15, -0.1) is 0 Å². The van der Waals surface area contributed by atoms with E-state index in [0.29, 0.717) is 0 Å². The van der Waals surface area contributed by atoms with E-state index in [1.807, 2.05) is 19.1 Å². The predicted octanol–water partition coefficient (Wildman–Crippen LogP) is 2.83. The first kappa shape index (κ1) is 11.5. The third-order valence-corrected chi connectivity index (χ3v) is 3.72. The van der Waals surface area contributed by atoms with Crippen molar-refractivity contribution in [1.82, 2.24) is 0 Å². The Labute approximate surface area is 97.9 Å². The van der Waals surface area contributed by atoms with Crippen LogP contribution < -0.4 is 4.90 Å². The zero-order chi connectivity index (χ0) is 11.7. The summed E-state index contributed by atoms with van der Waals surface area (Å²) in [5, 5.41) is 9.77. The Hall–Kier alpha value is -1.02. The SMILES string of the molecule is CC1CN(c2ccccc2[C@@H](C)O)CC1C. The van der Waals surface area contributed by atoms with Crippen molar-refractivity contribution >= 4 is 5.69 Å². The van der Waals surface area contributed by atoms with E-state index in [1.165, 1.54) is 5.69 Å². The number of aliphatic hydroxyl groups excluding tert-OH is 1. The molecule has 1 aromatic carbocycles. The number of rotatable bonds is 2. The fraction of sp³-hybridized carbons (Fsp3) is 0.571. The lowest BCUT2D eigenvalue weighted by atomic mass is 10.0. The van der Waals surface area contributed by atoms with Gasteiger partial charge < -0.3 is 10.0 Å². The molecule has 1 aliphatic heterocycles. The molecule has 3 atom stereocenters. The van der Waals surface area contributed by atoms with Gasteiger partial charge in [-0.3, -0.25) is 0 Å². The van der Waals surface area contributed by atoms with Gasteiger partial charge in [-0.1, -0.05) is 32.0 Å². The number of hydrogen-bond donors (Lipinski definition) is 1. The van der Waals surface area contributed by atoms with Crippen LogP contribution in [-0.4, -0.2) is 18.2 Å². The summed E-state index contributed by atoms with van der Waals surface area (Å²) in [6.45, 7) is 8.64. The second-order valence-corrected chi connectivity index (χ2v) is 5.09. The minimum Gasteiger partial charge on any atom is -0.389 e. The highest BCUT2D eigenvalue weighted by Gasteiger charge is 2.27. The van der Waals surface area contributed by atoms with E-state index in [0.717, 1.165) is 30.5 Å². The molecule has 1 aromatic rings. The van der Waals surface area contributed by atoms with Crippen molar-refractivity contribution in [1.29, 1.82) is 0 Å². The monoisotopic (exact) mass is 219 g/mol. The first-order valence-corrected chi connectivity index (χ1v) is 6.11. The van der Waals surface area contributed by atoms with Crippen LogP contribution in [0.2, 0.25) is 0 Å². The van der Waals surface area contributed by atoms with Gasteiger partial charge in [-0.2, -0.15) is 0 Å². The van der Waals surface area contributed by atoms with Gasteiger partial charge in [0.05, 0.1) is 6.10 Å². The van der Waals surface area contributed by atoms with Crippen molar-refractivity contribution < 1.29 is 5.11 Å². The molecule has 2 nitrogen and oxygen atoms in total. The van der Waals surface area contributed by atoms with Crippen molar-refractivity contribution in [3.05, 3.63) is 29.8 Å². The quantitative estimate of drug-likeness (QED) is 0.826. The lowest BCUT2D eigenvalue weighted by molar-refractivity contribution is 0.199. The highest BCUT2D eigenvalue weighted by Crippen LogP contribution is 2.32. The van der Waals surface area contributed by atoms with Gasteiger partial charge in [0.25, 0.3) is 0 Å². The van der Waals surface area contributed by atoms with Crippen LogP contribution in [0.1, 0.15) is 32.4 Å². The summed E-state index contributed by atoms with van der Waals surface area (Å²) in [6, 6.07) is 8.18. The molecule has 2 unspecified atom stereocenters. The van der Waals surface area contributed by atoms with Crippen LogP contribution in [0.4, 0.5) is 5.69 Å². The molecule has 0 spiro atoms. The number of nitrogens with zero attached hydrogens (tertiary/aromatic N) is 1. The van der Waals surface area contributed by atoms with E-state index in [9.17, 15) is 5.11 Å². The summed E-state index contributed by atoms with van der Waals surface area (Å²) in [6.07, 6.45) is -0.387. The van der Waals surface area contributed by atoms with Gasteiger partial charge in [0.1, 0.15) is 0 Å². The Morgan fingerprint density at radius 2 is 1.75 bits per heavy atom. The van der Waals surface area contributed by atoms with Gasteiger partial charge in [0.15, 0.2) is 0 Å². The summed E-state index contributed by atoms with van der Waals surface area (Å²) >= 11 is 0. The van der Waals surface area contributed by atoms with E-state index in [1.54, 1.807) is 0 Å². The maximum atomic E-state index is 9.77. The second-order valence-electron chi connectivity index (χ2n) is 5.09. The first-order chi connectivity index (χ1) is 7.59. The zero-order valence-corrected chi connectivity index (χ0v) is 10.4. The fourth-order valence-electron chi connectivity index (χ4n) is 2.46. The van der Waals surface area contributed by atoms with Crippen molar-refractivity contribution in [3.63, 3.8) is 0 Å². The lowest BCUT2D eigenvalue weighted by Crippen LogP contribution is -2.21. The normalized spacial score (nSPS) is 27.1. The molecule has 1 fully saturated rings. The molecule has 1 saturated heterocycles. The molecule has 2 rings (SSSR count). The van der Waals surface area contributed by atoms with Crippen LogP contribution in [0.5, 0.6) is 0 Å². The highest BCUT2D eigenvalue weighted by atomic mass is 16.3. The molecule has 1 heterocycles. The van der Waals surface area contributed by atoms with Crippen LogP contribution in [0, 0.1) is 11.8 Å². The Kier molecular flexibility index (Phi) is 3.20. The van der Waals surface area contributed by atoms with Crippen molar-refractivity contribution in [2.75, 3.05) is 18.0 Å².